The van der Waals surface area contributed by atoms with E-state index >= 15 is 0 Å². The molecular formula is C23H19ClF3N3O3S2. The zero-order valence-corrected chi connectivity index (χ0v) is 20.5. The van der Waals surface area contributed by atoms with Crippen molar-refractivity contribution in [1.82, 2.24) is 5.43 Å². The van der Waals surface area contributed by atoms with Crippen molar-refractivity contribution in [2.45, 2.75) is 16.0 Å². The van der Waals surface area contributed by atoms with Crippen molar-refractivity contribution < 1.29 is 26.4 Å². The van der Waals surface area contributed by atoms with Crippen LogP contribution in [0.3, 0.4) is 0 Å². The van der Waals surface area contributed by atoms with Crippen LogP contribution in [-0.2, 0) is 21.0 Å². The molecule has 1 amide bonds. The van der Waals surface area contributed by atoms with Crippen LogP contribution in [0.5, 0.6) is 0 Å². The fourth-order valence-corrected chi connectivity index (χ4v) is 5.06. The first-order chi connectivity index (χ1) is 16.5. The topological polar surface area (TPSA) is 78.8 Å². The van der Waals surface area contributed by atoms with Gasteiger partial charge in [-0.15, -0.1) is 11.8 Å². The quantitative estimate of drug-likeness (QED) is 0.234. The number of sulfonamides is 1. The molecule has 3 rings (SSSR count). The molecule has 35 heavy (non-hydrogen) atoms. The lowest BCUT2D eigenvalue weighted by molar-refractivity contribution is -0.137. The first-order valence-electron chi connectivity index (χ1n) is 9.93. The van der Waals surface area contributed by atoms with Crippen LogP contribution in [0.4, 0.5) is 18.9 Å². The van der Waals surface area contributed by atoms with Crippen molar-refractivity contribution >= 4 is 51.2 Å². The Kier molecular flexibility index (Phi) is 8.47. The summed E-state index contributed by atoms with van der Waals surface area (Å²) in [5.74, 6) is -0.880. The van der Waals surface area contributed by atoms with Crippen molar-refractivity contribution in [2.75, 3.05) is 17.1 Å². The van der Waals surface area contributed by atoms with Gasteiger partial charge < -0.3 is 0 Å². The number of carbonyl (C=O) groups excluding carboxylic acids is 1. The van der Waals surface area contributed by atoms with E-state index in [1.807, 2.05) is 18.4 Å². The maximum absolute atomic E-state index is 13.3. The second-order valence-electron chi connectivity index (χ2n) is 7.06. The van der Waals surface area contributed by atoms with Crippen LogP contribution in [0.25, 0.3) is 0 Å². The Morgan fingerprint density at radius 2 is 1.74 bits per heavy atom. The van der Waals surface area contributed by atoms with Gasteiger partial charge in [-0.25, -0.2) is 13.8 Å². The summed E-state index contributed by atoms with van der Waals surface area (Å²) in [4.78, 5) is 13.4. The summed E-state index contributed by atoms with van der Waals surface area (Å²) in [6.45, 7) is -0.860. The molecule has 1 N–H and O–H groups in total. The SMILES string of the molecule is CSc1ccc(/C=N\NC(=O)CN(c2cc(C(F)(F)F)ccc2Cl)S(=O)(=O)c2ccccc2)cc1. The van der Waals surface area contributed by atoms with E-state index in [1.165, 1.54) is 30.5 Å². The van der Waals surface area contributed by atoms with Gasteiger partial charge in [0, 0.05) is 4.90 Å². The molecule has 0 radical (unpaired) electrons. The third-order valence-corrected chi connectivity index (χ3v) is 7.52. The van der Waals surface area contributed by atoms with E-state index in [0.717, 1.165) is 17.0 Å². The van der Waals surface area contributed by atoms with Gasteiger partial charge >= 0.3 is 6.18 Å². The van der Waals surface area contributed by atoms with E-state index in [4.69, 9.17) is 11.6 Å². The van der Waals surface area contributed by atoms with E-state index < -0.39 is 39.9 Å². The zero-order valence-electron chi connectivity index (χ0n) is 18.2. The molecule has 0 spiro atoms. The van der Waals surface area contributed by atoms with E-state index in [0.29, 0.717) is 15.9 Å². The lowest BCUT2D eigenvalue weighted by Gasteiger charge is -2.25. The Hall–Kier alpha value is -3.02. The normalized spacial score (nSPS) is 12.0. The van der Waals surface area contributed by atoms with Crippen molar-refractivity contribution in [3.63, 3.8) is 0 Å². The first kappa shape index (κ1) is 26.6. The average molecular weight is 542 g/mol. The van der Waals surface area contributed by atoms with Crippen LogP contribution < -0.4 is 9.73 Å². The molecule has 0 bridgehead atoms. The van der Waals surface area contributed by atoms with E-state index in [9.17, 15) is 26.4 Å². The minimum absolute atomic E-state index is 0.223. The highest BCUT2D eigenvalue weighted by Gasteiger charge is 2.34. The molecule has 3 aromatic carbocycles. The summed E-state index contributed by atoms with van der Waals surface area (Å²) in [5.41, 5.74) is 1.28. The summed E-state index contributed by atoms with van der Waals surface area (Å²) in [6, 6.07) is 16.5. The number of anilines is 1. The molecule has 0 saturated carbocycles. The van der Waals surface area contributed by atoms with Gasteiger partial charge in [-0.05, 0) is 54.3 Å². The summed E-state index contributed by atoms with van der Waals surface area (Å²) in [7, 11) is -4.45. The standard InChI is InChI=1S/C23H19ClF3N3O3S2/c1-34-18-10-7-16(8-11-18)14-28-29-22(31)15-30(35(32,33)19-5-3-2-4-6-19)21-13-17(23(25,26)27)9-12-20(21)24/h2-14H,15H2,1H3,(H,29,31)/b28-14-. The predicted molar refractivity (Wildman–Crippen MR) is 131 cm³/mol. The number of rotatable bonds is 8. The fraction of sp³-hybridized carbons (Fsp3) is 0.130. The maximum atomic E-state index is 13.3. The van der Waals surface area contributed by atoms with Crippen LogP contribution in [-0.4, -0.2) is 33.3 Å². The lowest BCUT2D eigenvalue weighted by Crippen LogP contribution is -2.40. The number of carbonyl (C=O) groups is 1. The smallest absolute Gasteiger partial charge is 0.271 e. The van der Waals surface area contributed by atoms with E-state index in [2.05, 4.69) is 10.5 Å². The molecule has 0 aromatic heterocycles. The maximum Gasteiger partial charge on any atom is 0.416 e. The molecule has 0 heterocycles. The van der Waals surface area contributed by atoms with Crippen molar-refractivity contribution in [3.05, 3.63) is 88.9 Å². The third-order valence-electron chi connectivity index (χ3n) is 4.68. The van der Waals surface area contributed by atoms with Crippen LogP contribution in [0, 0.1) is 0 Å². The van der Waals surface area contributed by atoms with Crippen LogP contribution in [0.2, 0.25) is 5.02 Å². The van der Waals surface area contributed by atoms with Gasteiger partial charge in [0.25, 0.3) is 15.9 Å². The molecule has 3 aromatic rings. The van der Waals surface area contributed by atoms with Gasteiger partial charge in [0.2, 0.25) is 0 Å². The Morgan fingerprint density at radius 1 is 1.09 bits per heavy atom. The monoisotopic (exact) mass is 541 g/mol. The summed E-state index contributed by atoms with van der Waals surface area (Å²) in [6.07, 6.45) is -1.47. The molecule has 0 fully saturated rings. The molecule has 12 heteroatoms. The molecule has 6 nitrogen and oxygen atoms in total. The fourth-order valence-electron chi connectivity index (χ4n) is 2.93. The number of halogens is 4. The summed E-state index contributed by atoms with van der Waals surface area (Å²) >= 11 is 7.65. The van der Waals surface area contributed by atoms with Crippen molar-refractivity contribution in [3.8, 4) is 0 Å². The second-order valence-corrected chi connectivity index (χ2v) is 10.2. The van der Waals surface area contributed by atoms with Crippen LogP contribution >= 0.6 is 23.4 Å². The summed E-state index contributed by atoms with van der Waals surface area (Å²) < 4.78 is 67.1. The zero-order chi connectivity index (χ0) is 25.6. The van der Waals surface area contributed by atoms with E-state index in [1.54, 1.807) is 30.0 Å². The van der Waals surface area contributed by atoms with Crippen LogP contribution in [0.15, 0.2) is 87.7 Å². The van der Waals surface area contributed by atoms with Gasteiger partial charge in [-0.2, -0.15) is 18.3 Å². The van der Waals surface area contributed by atoms with Gasteiger partial charge in [0.05, 0.1) is 27.4 Å². The van der Waals surface area contributed by atoms with Crippen molar-refractivity contribution in [1.29, 1.82) is 0 Å². The van der Waals surface area contributed by atoms with Crippen molar-refractivity contribution in [2.24, 2.45) is 5.10 Å². The molecule has 0 aliphatic heterocycles. The number of nitrogens with zero attached hydrogens (tertiary/aromatic N) is 2. The highest BCUT2D eigenvalue weighted by molar-refractivity contribution is 7.98. The molecule has 184 valence electrons. The average Bonchev–Trinajstić information content (AvgIpc) is 2.83. The number of hydrogen-bond acceptors (Lipinski definition) is 5. The second kappa shape index (κ2) is 11.1. The number of hydrogen-bond donors (Lipinski definition) is 1. The van der Waals surface area contributed by atoms with E-state index in [-0.39, 0.29) is 9.92 Å². The van der Waals surface area contributed by atoms with Crippen LogP contribution in [0.1, 0.15) is 11.1 Å². The molecule has 0 saturated heterocycles. The Labute approximate surface area is 209 Å². The lowest BCUT2D eigenvalue weighted by atomic mass is 10.2. The minimum atomic E-state index is -4.75. The Balaban J connectivity index is 1.92. The van der Waals surface area contributed by atoms with Gasteiger partial charge in [0.1, 0.15) is 6.54 Å². The highest BCUT2D eigenvalue weighted by atomic mass is 35.5. The van der Waals surface area contributed by atoms with Gasteiger partial charge in [-0.1, -0.05) is 41.9 Å². The number of nitrogens with one attached hydrogen (secondary N) is 1. The largest absolute Gasteiger partial charge is 0.416 e. The first-order valence-corrected chi connectivity index (χ1v) is 13.0. The third kappa shape index (κ3) is 6.77. The molecule has 0 aliphatic carbocycles. The number of amides is 1. The van der Waals surface area contributed by atoms with Gasteiger partial charge in [0.15, 0.2) is 0 Å². The number of benzene rings is 3. The predicted octanol–water partition coefficient (Wildman–Crippen LogP) is 5.43. The molecule has 0 atom stereocenters. The number of alkyl halides is 3. The molecule has 0 aliphatic rings. The summed E-state index contributed by atoms with van der Waals surface area (Å²) in [5, 5.41) is 3.54. The number of hydrazone groups is 1. The molecule has 0 unspecified atom stereocenters. The Morgan fingerprint density at radius 3 is 2.34 bits per heavy atom. The highest BCUT2D eigenvalue weighted by Crippen LogP contribution is 2.37. The van der Waals surface area contributed by atoms with Gasteiger partial charge in [-0.3, -0.25) is 9.10 Å². The Bertz CT molecular complexity index is 1320. The number of thioether (sulfide) groups is 1. The molecular weight excluding hydrogens is 523 g/mol. The minimum Gasteiger partial charge on any atom is -0.271 e.